The Labute approximate surface area is 143 Å². The molecule has 1 aliphatic rings. The van der Waals surface area contributed by atoms with Crippen LogP contribution in [0.1, 0.15) is 6.42 Å². The molecule has 8 nitrogen and oxygen atoms in total. The number of aliphatic carboxylic acids is 1. The van der Waals surface area contributed by atoms with Crippen LogP contribution in [0.5, 0.6) is 11.5 Å². The molecule has 25 heavy (non-hydrogen) atoms. The summed E-state index contributed by atoms with van der Waals surface area (Å²) in [5, 5.41) is 10.9. The van der Waals surface area contributed by atoms with Gasteiger partial charge < -0.3 is 24.8 Å². The highest BCUT2D eigenvalue weighted by Crippen LogP contribution is 2.35. The summed E-state index contributed by atoms with van der Waals surface area (Å²) in [6, 6.07) is 3.28. The predicted octanol–water partition coefficient (Wildman–Crippen LogP) is 0.596. The molecule has 0 spiro atoms. The number of hydrogen-bond acceptors (Lipinski definition) is 5. The van der Waals surface area contributed by atoms with Crippen molar-refractivity contribution < 1.29 is 33.4 Å². The van der Waals surface area contributed by atoms with Crippen LogP contribution in [0.2, 0.25) is 0 Å². The highest BCUT2D eigenvalue weighted by Gasteiger charge is 2.37. The van der Waals surface area contributed by atoms with E-state index in [1.165, 1.54) is 19.1 Å². The van der Waals surface area contributed by atoms with Crippen molar-refractivity contribution in [2.75, 3.05) is 32.3 Å². The standard InChI is InChI=1S/C16H19FN2O6/c1-24-10-3-4-12(13(6-10)25-2)19-8-9(5-14(19)20)15(21)18-11(7-17)16(22)23/h3-4,6,9,11H,5,7-8H2,1-2H3,(H,18,21)(H,22,23). The van der Waals surface area contributed by atoms with Crippen molar-refractivity contribution >= 4 is 23.5 Å². The van der Waals surface area contributed by atoms with E-state index in [1.54, 1.807) is 18.2 Å². The number of carbonyl (C=O) groups excluding carboxylic acids is 2. The van der Waals surface area contributed by atoms with Gasteiger partial charge >= 0.3 is 5.97 Å². The molecule has 1 saturated heterocycles. The SMILES string of the molecule is COc1ccc(N2CC(C(=O)NC(CF)C(=O)O)CC2=O)c(OC)c1. The lowest BCUT2D eigenvalue weighted by atomic mass is 10.1. The van der Waals surface area contributed by atoms with Gasteiger partial charge in [-0.1, -0.05) is 0 Å². The van der Waals surface area contributed by atoms with Gasteiger partial charge in [0.05, 0.1) is 25.8 Å². The topological polar surface area (TPSA) is 105 Å². The molecular weight excluding hydrogens is 335 g/mol. The molecule has 1 fully saturated rings. The van der Waals surface area contributed by atoms with E-state index in [4.69, 9.17) is 14.6 Å². The fourth-order valence-electron chi connectivity index (χ4n) is 2.58. The number of carboxylic acids is 1. The number of benzene rings is 1. The van der Waals surface area contributed by atoms with Gasteiger partial charge in [-0.15, -0.1) is 0 Å². The van der Waals surface area contributed by atoms with Crippen LogP contribution in [0.3, 0.4) is 0 Å². The minimum atomic E-state index is -1.62. The summed E-state index contributed by atoms with van der Waals surface area (Å²) in [5.74, 6) is -2.26. The zero-order valence-electron chi connectivity index (χ0n) is 13.8. The summed E-state index contributed by atoms with van der Waals surface area (Å²) >= 11 is 0. The Morgan fingerprint density at radius 2 is 2.12 bits per heavy atom. The molecule has 2 atom stereocenters. The van der Waals surface area contributed by atoms with Crippen LogP contribution in [0, 0.1) is 5.92 Å². The summed E-state index contributed by atoms with van der Waals surface area (Å²) in [6.45, 7) is -1.18. The normalized spacial score (nSPS) is 18.0. The highest BCUT2D eigenvalue weighted by molar-refractivity contribution is 6.01. The summed E-state index contributed by atoms with van der Waals surface area (Å²) in [4.78, 5) is 36.6. The maximum Gasteiger partial charge on any atom is 0.328 e. The smallest absolute Gasteiger partial charge is 0.328 e. The van der Waals surface area contributed by atoms with Gasteiger partial charge in [0.25, 0.3) is 0 Å². The molecule has 2 unspecified atom stereocenters. The van der Waals surface area contributed by atoms with Gasteiger partial charge in [-0.3, -0.25) is 9.59 Å². The van der Waals surface area contributed by atoms with E-state index in [2.05, 4.69) is 5.32 Å². The zero-order chi connectivity index (χ0) is 18.6. The first-order valence-corrected chi connectivity index (χ1v) is 7.52. The van der Waals surface area contributed by atoms with E-state index in [0.29, 0.717) is 17.2 Å². The van der Waals surface area contributed by atoms with Gasteiger partial charge in [0.15, 0.2) is 6.04 Å². The maximum absolute atomic E-state index is 12.6. The number of carboxylic acid groups (broad SMARTS) is 1. The number of carbonyl (C=O) groups is 3. The molecule has 0 bridgehead atoms. The Balaban J connectivity index is 2.15. The second-order valence-electron chi connectivity index (χ2n) is 5.50. The number of ether oxygens (including phenoxy) is 2. The third-order valence-corrected chi connectivity index (χ3v) is 3.94. The molecule has 1 aromatic carbocycles. The average molecular weight is 354 g/mol. The van der Waals surface area contributed by atoms with Crippen LogP contribution in [0.4, 0.5) is 10.1 Å². The van der Waals surface area contributed by atoms with Crippen LogP contribution < -0.4 is 19.7 Å². The van der Waals surface area contributed by atoms with Crippen LogP contribution >= 0.6 is 0 Å². The van der Waals surface area contributed by atoms with Gasteiger partial charge in [0, 0.05) is 19.0 Å². The fourth-order valence-corrected chi connectivity index (χ4v) is 2.58. The minimum Gasteiger partial charge on any atom is -0.497 e. The zero-order valence-corrected chi connectivity index (χ0v) is 13.8. The second kappa shape index (κ2) is 7.82. The van der Waals surface area contributed by atoms with Crippen LogP contribution in [0.15, 0.2) is 18.2 Å². The molecule has 2 N–H and O–H groups in total. The summed E-state index contributed by atoms with van der Waals surface area (Å²) in [6.07, 6.45) is -0.0976. The lowest BCUT2D eigenvalue weighted by molar-refractivity contribution is -0.142. The number of anilines is 1. The van der Waals surface area contributed by atoms with Crippen LogP contribution in [0.25, 0.3) is 0 Å². The van der Waals surface area contributed by atoms with E-state index >= 15 is 0 Å². The minimum absolute atomic E-state index is 0.0476. The molecule has 1 aliphatic heterocycles. The molecule has 0 aromatic heterocycles. The first-order valence-electron chi connectivity index (χ1n) is 7.52. The maximum atomic E-state index is 12.6. The quantitative estimate of drug-likeness (QED) is 0.743. The van der Waals surface area contributed by atoms with Gasteiger partial charge in [-0.25, -0.2) is 9.18 Å². The summed E-state index contributed by atoms with van der Waals surface area (Å²) in [7, 11) is 2.95. The molecule has 2 rings (SSSR count). The Hall–Kier alpha value is -2.84. The Bertz CT molecular complexity index is 681. The Kier molecular flexibility index (Phi) is 5.79. The molecule has 0 aliphatic carbocycles. The van der Waals surface area contributed by atoms with Crippen molar-refractivity contribution in [2.45, 2.75) is 12.5 Å². The largest absolute Gasteiger partial charge is 0.497 e. The summed E-state index contributed by atoms with van der Waals surface area (Å²) in [5.41, 5.74) is 0.476. The van der Waals surface area contributed by atoms with E-state index in [-0.39, 0.29) is 18.9 Å². The lowest BCUT2D eigenvalue weighted by Crippen LogP contribution is -2.45. The van der Waals surface area contributed by atoms with Gasteiger partial charge in [-0.2, -0.15) is 0 Å². The molecular formula is C16H19FN2O6. The number of rotatable bonds is 7. The third kappa shape index (κ3) is 3.98. The number of hydrogen-bond donors (Lipinski definition) is 2. The molecule has 1 aromatic rings. The monoisotopic (exact) mass is 354 g/mol. The molecule has 9 heteroatoms. The first kappa shape index (κ1) is 18.5. The first-order chi connectivity index (χ1) is 11.9. The number of nitrogens with one attached hydrogen (secondary N) is 1. The number of amides is 2. The molecule has 0 radical (unpaired) electrons. The molecule has 0 saturated carbocycles. The van der Waals surface area contributed by atoms with Gasteiger partial charge in [0.1, 0.15) is 18.2 Å². The van der Waals surface area contributed by atoms with Crippen molar-refractivity contribution in [3.05, 3.63) is 18.2 Å². The van der Waals surface area contributed by atoms with Crippen molar-refractivity contribution in [3.8, 4) is 11.5 Å². The van der Waals surface area contributed by atoms with Gasteiger partial charge in [0.2, 0.25) is 11.8 Å². The fraction of sp³-hybridized carbons (Fsp3) is 0.438. The van der Waals surface area contributed by atoms with E-state index in [9.17, 15) is 18.8 Å². The van der Waals surface area contributed by atoms with E-state index in [0.717, 1.165) is 0 Å². The third-order valence-electron chi connectivity index (χ3n) is 3.94. The van der Waals surface area contributed by atoms with Gasteiger partial charge in [-0.05, 0) is 12.1 Å². The van der Waals surface area contributed by atoms with E-state index < -0.39 is 30.5 Å². The van der Waals surface area contributed by atoms with Crippen LogP contribution in [-0.4, -0.2) is 56.4 Å². The second-order valence-corrected chi connectivity index (χ2v) is 5.50. The van der Waals surface area contributed by atoms with Crippen LogP contribution in [-0.2, 0) is 14.4 Å². The van der Waals surface area contributed by atoms with Crippen molar-refractivity contribution in [2.24, 2.45) is 5.92 Å². The predicted molar refractivity (Wildman–Crippen MR) is 85.5 cm³/mol. The van der Waals surface area contributed by atoms with Crippen molar-refractivity contribution in [1.82, 2.24) is 5.32 Å². The molecule has 136 valence electrons. The van der Waals surface area contributed by atoms with Crippen molar-refractivity contribution in [1.29, 1.82) is 0 Å². The number of methoxy groups -OCH3 is 2. The summed E-state index contributed by atoms with van der Waals surface area (Å²) < 4.78 is 23.0. The Morgan fingerprint density at radius 1 is 1.40 bits per heavy atom. The average Bonchev–Trinajstić information content (AvgIpc) is 3.00. The highest BCUT2D eigenvalue weighted by atomic mass is 19.1. The Morgan fingerprint density at radius 3 is 2.68 bits per heavy atom. The molecule has 1 heterocycles. The number of nitrogens with zero attached hydrogens (tertiary/aromatic N) is 1. The molecule has 2 amide bonds. The van der Waals surface area contributed by atoms with E-state index in [1.807, 2.05) is 0 Å². The van der Waals surface area contributed by atoms with Crippen molar-refractivity contribution in [3.63, 3.8) is 0 Å². The number of alkyl halides is 1. The number of halogens is 1. The lowest BCUT2D eigenvalue weighted by Gasteiger charge is -2.20.